The van der Waals surface area contributed by atoms with Gasteiger partial charge in [0.25, 0.3) is 0 Å². The highest BCUT2D eigenvalue weighted by Crippen LogP contribution is 2.55. The summed E-state index contributed by atoms with van der Waals surface area (Å²) in [7, 11) is 0. The van der Waals surface area contributed by atoms with Crippen molar-refractivity contribution in [1.82, 2.24) is 0 Å². The Kier molecular flexibility index (Phi) is 8.63. The van der Waals surface area contributed by atoms with E-state index in [2.05, 4.69) is 180 Å². The molecule has 4 aromatic heterocycles. The van der Waals surface area contributed by atoms with Crippen LogP contribution in [0.2, 0.25) is 0 Å². The maximum absolute atomic E-state index is 17.8. The van der Waals surface area contributed by atoms with E-state index in [1.807, 2.05) is 24.3 Å². The molecule has 4 heterocycles. The predicted molar refractivity (Wildman–Crippen MR) is 311 cm³/mol. The molecule has 16 aromatic rings. The second-order valence-corrected chi connectivity index (χ2v) is 22.7. The van der Waals surface area contributed by atoms with Gasteiger partial charge < -0.3 is 9.80 Å². The molecule has 0 saturated heterocycles. The molecule has 16 rings (SSSR count). The van der Waals surface area contributed by atoms with Gasteiger partial charge in [-0.3, -0.25) is 0 Å². The van der Waals surface area contributed by atoms with E-state index >= 15 is 8.78 Å². The second kappa shape index (κ2) is 15.3. The van der Waals surface area contributed by atoms with Crippen LogP contribution in [-0.2, 0) is 0 Å². The molecule has 12 aromatic carbocycles. The summed E-state index contributed by atoms with van der Waals surface area (Å²) >= 11 is 7.02. The summed E-state index contributed by atoms with van der Waals surface area (Å²) in [5, 5.41) is 13.3. The smallest absolute Gasteiger partial charge is 0.133 e. The topological polar surface area (TPSA) is 6.48 Å². The van der Waals surface area contributed by atoms with Crippen molar-refractivity contribution in [2.75, 3.05) is 9.80 Å². The summed E-state index contributed by atoms with van der Waals surface area (Å²) in [6, 6.07) is 71.3. The van der Waals surface area contributed by atoms with Crippen LogP contribution in [-0.4, -0.2) is 0 Å². The van der Waals surface area contributed by atoms with Crippen molar-refractivity contribution in [1.29, 1.82) is 0 Å². The highest BCUT2D eigenvalue weighted by Gasteiger charge is 2.29. The van der Waals surface area contributed by atoms with Gasteiger partial charge in [0.15, 0.2) is 0 Å². The SMILES string of the molecule is Fc1cc(N(c2cccc3c2sc2ccccc23)c2cccc3c2sc2ccccc23)c2ccc3c(F)cc(N(c4cccc5c4sc4ccccc45)c4cccc5c4sc4ccccc45)c4ccc1c2c34. The number of benzene rings is 12. The van der Waals surface area contributed by atoms with Gasteiger partial charge in [-0.1, -0.05) is 146 Å². The monoisotopic (exact) mass is 996 g/mol. The molecule has 338 valence electrons. The Morgan fingerprint density at radius 3 is 0.806 bits per heavy atom. The van der Waals surface area contributed by atoms with Crippen molar-refractivity contribution >= 4 is 192 Å². The largest absolute Gasteiger partial charge is 0.307 e. The first-order valence-electron chi connectivity index (χ1n) is 23.9. The van der Waals surface area contributed by atoms with Crippen molar-refractivity contribution in [3.8, 4) is 0 Å². The third-order valence-electron chi connectivity index (χ3n) is 14.7. The molecule has 0 bridgehead atoms. The molecule has 0 amide bonds. The maximum atomic E-state index is 17.8. The van der Waals surface area contributed by atoms with Crippen molar-refractivity contribution < 1.29 is 8.78 Å². The average molecular weight is 997 g/mol. The number of rotatable bonds is 6. The first kappa shape index (κ1) is 40.7. The fourth-order valence-electron chi connectivity index (χ4n) is 11.7. The maximum Gasteiger partial charge on any atom is 0.133 e. The number of thiophene rings is 4. The standard InChI is InChI=1S/C64H34F2N2S4/c65-47-33-53(67(49-21-9-17-39-35-13-1-5-25-55(35)69-61(39)49)50-22-10-18-40-36-14-2-6-26-56(36)70-62(40)50)45-31-29-44-48(66)34-54(46-32-30-43(47)59(45)60(44)46)68(51-23-11-19-41-37-15-3-7-27-57(37)71-63(41)51)52-24-12-20-42-38-16-4-8-28-58(38)72-64(42)52/h1-34H. The Labute approximate surface area is 426 Å². The molecular formula is C64H34F2N2S4. The first-order valence-corrected chi connectivity index (χ1v) is 27.1. The van der Waals surface area contributed by atoms with Crippen LogP contribution in [0.25, 0.3) is 113 Å². The zero-order chi connectivity index (χ0) is 47.3. The molecule has 72 heavy (non-hydrogen) atoms. The summed E-state index contributed by atoms with van der Waals surface area (Å²) in [6.45, 7) is 0. The van der Waals surface area contributed by atoms with Crippen molar-refractivity contribution in [2.24, 2.45) is 0 Å². The highest BCUT2D eigenvalue weighted by atomic mass is 32.1. The minimum atomic E-state index is -0.364. The lowest BCUT2D eigenvalue weighted by Crippen LogP contribution is -2.13. The molecule has 2 nitrogen and oxygen atoms in total. The normalized spacial score (nSPS) is 12.3. The zero-order valence-corrected chi connectivity index (χ0v) is 41.2. The molecule has 8 heteroatoms. The molecule has 0 unspecified atom stereocenters. The summed E-state index contributed by atoms with van der Waals surface area (Å²) in [4.78, 5) is 4.55. The first-order chi connectivity index (χ1) is 35.6. The Bertz CT molecular complexity index is 4410. The quantitative estimate of drug-likeness (QED) is 0.153. The van der Waals surface area contributed by atoms with Gasteiger partial charge in [0.05, 0.1) is 52.9 Å². The van der Waals surface area contributed by atoms with Gasteiger partial charge in [0.2, 0.25) is 0 Å². The van der Waals surface area contributed by atoms with Crippen LogP contribution < -0.4 is 9.80 Å². The fraction of sp³-hybridized carbons (Fsp3) is 0. The van der Waals surface area contributed by atoms with Gasteiger partial charge in [-0.15, -0.1) is 45.3 Å². The van der Waals surface area contributed by atoms with Crippen molar-refractivity contribution in [3.63, 3.8) is 0 Å². The van der Waals surface area contributed by atoms with Crippen LogP contribution in [0, 0.1) is 11.6 Å². The van der Waals surface area contributed by atoms with E-state index in [1.54, 1.807) is 57.5 Å². The Morgan fingerprint density at radius 2 is 0.500 bits per heavy atom. The van der Waals surface area contributed by atoms with Gasteiger partial charge >= 0.3 is 0 Å². The van der Waals surface area contributed by atoms with Crippen LogP contribution in [0.4, 0.5) is 42.9 Å². The minimum Gasteiger partial charge on any atom is -0.307 e. The fourth-order valence-corrected chi connectivity index (χ4v) is 16.5. The van der Waals surface area contributed by atoms with Gasteiger partial charge in [-0.25, -0.2) is 8.78 Å². The Balaban J connectivity index is 1.02. The van der Waals surface area contributed by atoms with Crippen LogP contribution in [0.1, 0.15) is 0 Å². The molecule has 0 fully saturated rings. The van der Waals surface area contributed by atoms with E-state index in [9.17, 15) is 0 Å². The summed E-state index contributed by atoms with van der Waals surface area (Å²) < 4.78 is 44.7. The van der Waals surface area contributed by atoms with Gasteiger partial charge in [0, 0.05) is 94.2 Å². The zero-order valence-electron chi connectivity index (χ0n) is 37.9. The van der Waals surface area contributed by atoms with E-state index in [1.165, 1.54) is 40.3 Å². The number of nitrogens with zero attached hydrogens (tertiary/aromatic N) is 2. The molecule has 0 saturated carbocycles. The molecule has 0 spiro atoms. The average Bonchev–Trinajstić information content (AvgIpc) is 4.21. The molecule has 0 aliphatic rings. The molecule has 0 aliphatic carbocycles. The summed E-state index contributed by atoms with van der Waals surface area (Å²) in [5.41, 5.74) is 5.21. The molecule has 0 aliphatic heterocycles. The van der Waals surface area contributed by atoms with E-state index in [0.717, 1.165) is 73.9 Å². The number of hydrogen-bond donors (Lipinski definition) is 0. The van der Waals surface area contributed by atoms with Crippen molar-refractivity contribution in [3.05, 3.63) is 218 Å². The van der Waals surface area contributed by atoms with Gasteiger partial charge in [0.1, 0.15) is 11.6 Å². The summed E-state index contributed by atoms with van der Waals surface area (Å²) in [6.07, 6.45) is 0. The number of fused-ring (bicyclic) bond motifs is 12. The third-order valence-corrected chi connectivity index (χ3v) is 19.6. The van der Waals surface area contributed by atoms with E-state index in [4.69, 9.17) is 0 Å². The molecule has 0 radical (unpaired) electrons. The van der Waals surface area contributed by atoms with Crippen LogP contribution >= 0.6 is 45.3 Å². The molecule has 0 N–H and O–H groups in total. The predicted octanol–water partition coefficient (Wildman–Crippen LogP) is 21.3. The molecular weight excluding hydrogens is 963 g/mol. The van der Waals surface area contributed by atoms with Crippen LogP contribution in [0.5, 0.6) is 0 Å². The summed E-state index contributed by atoms with van der Waals surface area (Å²) in [5.74, 6) is -0.728. The van der Waals surface area contributed by atoms with E-state index < -0.39 is 0 Å². The van der Waals surface area contributed by atoms with Crippen molar-refractivity contribution in [2.45, 2.75) is 0 Å². The van der Waals surface area contributed by atoms with Gasteiger partial charge in [-0.05, 0) is 60.7 Å². The minimum absolute atomic E-state index is 0.364. The highest BCUT2D eigenvalue weighted by molar-refractivity contribution is 7.28. The lowest BCUT2D eigenvalue weighted by Gasteiger charge is -2.30. The third kappa shape index (κ3) is 5.66. The van der Waals surface area contributed by atoms with Crippen LogP contribution in [0.3, 0.4) is 0 Å². The number of halogens is 2. The lowest BCUT2D eigenvalue weighted by atomic mass is 9.91. The van der Waals surface area contributed by atoms with Gasteiger partial charge in [-0.2, -0.15) is 0 Å². The molecule has 0 atom stereocenters. The van der Waals surface area contributed by atoms with E-state index in [0.29, 0.717) is 32.9 Å². The second-order valence-electron chi connectivity index (χ2n) is 18.5. The van der Waals surface area contributed by atoms with E-state index in [-0.39, 0.29) is 11.6 Å². The lowest BCUT2D eigenvalue weighted by molar-refractivity contribution is 0.639. The van der Waals surface area contributed by atoms with Crippen LogP contribution in [0.15, 0.2) is 206 Å². The Morgan fingerprint density at radius 1 is 0.236 bits per heavy atom. The number of anilines is 6. The Hall–Kier alpha value is -7.98. The number of hydrogen-bond acceptors (Lipinski definition) is 6.